The molecule has 14 rings (SSSR count). The lowest BCUT2D eigenvalue weighted by atomic mass is 10.0. The van der Waals surface area contributed by atoms with Crippen LogP contribution < -0.4 is 9.80 Å². The summed E-state index contributed by atoms with van der Waals surface area (Å²) in [5.74, 6) is 0. The molecule has 4 heteroatoms. The Bertz CT molecular complexity index is 4320. The van der Waals surface area contributed by atoms with Crippen molar-refractivity contribution in [2.75, 3.05) is 9.80 Å². The molecule has 0 unspecified atom stereocenters. The smallest absolute Gasteiger partial charge is 0.0542 e. The highest BCUT2D eigenvalue weighted by atomic mass is 15.1. The van der Waals surface area contributed by atoms with E-state index in [2.05, 4.69) is 310 Å². The average molecular weight is 973 g/mol. The zero-order valence-corrected chi connectivity index (χ0v) is 41.9. The molecule has 360 valence electrons. The van der Waals surface area contributed by atoms with Gasteiger partial charge in [0.1, 0.15) is 0 Å². The Kier molecular flexibility index (Phi) is 11.3. The highest BCUT2D eigenvalue weighted by Gasteiger charge is 2.21. The maximum absolute atomic E-state index is 2.43. The molecule has 11 aromatic carbocycles. The van der Waals surface area contributed by atoms with Crippen molar-refractivity contribution in [3.8, 4) is 39.1 Å². The molecular weight excluding hydrogens is 921 g/mol. The minimum absolute atomic E-state index is 1.05. The maximum atomic E-state index is 2.43. The van der Waals surface area contributed by atoms with Crippen molar-refractivity contribution in [3.05, 3.63) is 291 Å². The summed E-state index contributed by atoms with van der Waals surface area (Å²) in [6.07, 6.45) is 9.05. The van der Waals surface area contributed by atoms with Gasteiger partial charge in [0, 0.05) is 67.1 Å². The number of hydrogen-bond donors (Lipinski definition) is 0. The summed E-state index contributed by atoms with van der Waals surface area (Å²) >= 11 is 0. The number of allylic oxidation sites excluding steroid dienone is 4. The van der Waals surface area contributed by atoms with Crippen LogP contribution in [0.2, 0.25) is 0 Å². The van der Waals surface area contributed by atoms with Crippen molar-refractivity contribution in [1.82, 2.24) is 9.13 Å². The van der Waals surface area contributed by atoms with E-state index in [4.69, 9.17) is 0 Å². The quantitative estimate of drug-likeness (QED) is 0.128. The molecule has 0 amide bonds. The highest BCUT2D eigenvalue weighted by molar-refractivity contribution is 6.12. The number of fused-ring (bicyclic) bond motifs is 6. The van der Waals surface area contributed by atoms with E-state index in [0.717, 1.165) is 63.8 Å². The summed E-state index contributed by atoms with van der Waals surface area (Å²) in [5, 5.41) is 4.91. The lowest BCUT2D eigenvalue weighted by molar-refractivity contribution is 1.02. The number of para-hydroxylation sites is 3. The van der Waals surface area contributed by atoms with Crippen molar-refractivity contribution in [2.24, 2.45) is 0 Å². The van der Waals surface area contributed by atoms with Crippen molar-refractivity contribution < 1.29 is 0 Å². The summed E-state index contributed by atoms with van der Waals surface area (Å²) in [4.78, 5) is 4.80. The molecule has 0 atom stereocenters. The van der Waals surface area contributed by atoms with Gasteiger partial charge in [-0.05, 0) is 161 Å². The Morgan fingerprint density at radius 2 is 0.658 bits per heavy atom. The standard InChI is InChI=1S/C72H52N4/c1-5-19-51(20-6-1)55-23-17-29-61(47-55)73(63-43-45-71-67(49-63)65-31-13-15-33-69(65)75(71)57-25-9-3-10-26-57)59-39-35-53(36-40-59)54-37-41-60(42-38-54)74(62-30-18-24-56(48-62)52-21-7-2-8-22-52)64-44-46-72-68(50-64)66-32-14-16-34-70(66)76(72)58-27-11-4-12-28-58/h1-3,5-11,13-50H,4,12H2. The van der Waals surface area contributed by atoms with Crippen LogP contribution in [0.15, 0.2) is 291 Å². The van der Waals surface area contributed by atoms with E-state index in [1.165, 1.54) is 71.6 Å². The van der Waals surface area contributed by atoms with Gasteiger partial charge in [-0.3, -0.25) is 0 Å². The van der Waals surface area contributed by atoms with Gasteiger partial charge in [0.25, 0.3) is 0 Å². The fourth-order valence-corrected chi connectivity index (χ4v) is 11.5. The second-order valence-corrected chi connectivity index (χ2v) is 19.6. The number of anilines is 6. The van der Waals surface area contributed by atoms with Crippen molar-refractivity contribution >= 4 is 83.4 Å². The molecule has 1 aliphatic rings. The Morgan fingerprint density at radius 1 is 0.263 bits per heavy atom. The Hall–Kier alpha value is -9.90. The Labute approximate surface area is 443 Å². The van der Waals surface area contributed by atoms with Gasteiger partial charge in [-0.25, -0.2) is 0 Å². The highest BCUT2D eigenvalue weighted by Crippen LogP contribution is 2.44. The predicted molar refractivity (Wildman–Crippen MR) is 322 cm³/mol. The van der Waals surface area contributed by atoms with Gasteiger partial charge < -0.3 is 18.9 Å². The van der Waals surface area contributed by atoms with Gasteiger partial charge in [0.05, 0.1) is 22.1 Å². The fourth-order valence-electron chi connectivity index (χ4n) is 11.5. The third kappa shape index (κ3) is 8.05. The van der Waals surface area contributed by atoms with E-state index in [0.29, 0.717) is 0 Å². The van der Waals surface area contributed by atoms with Crippen LogP contribution in [0.5, 0.6) is 0 Å². The number of hydrogen-bond acceptors (Lipinski definition) is 2. The van der Waals surface area contributed by atoms with Gasteiger partial charge >= 0.3 is 0 Å². The second-order valence-electron chi connectivity index (χ2n) is 19.6. The van der Waals surface area contributed by atoms with Crippen LogP contribution in [0.25, 0.3) is 88.4 Å². The van der Waals surface area contributed by atoms with E-state index in [-0.39, 0.29) is 0 Å². The second kappa shape index (κ2) is 19.2. The van der Waals surface area contributed by atoms with E-state index < -0.39 is 0 Å². The molecule has 2 heterocycles. The van der Waals surface area contributed by atoms with Gasteiger partial charge in [-0.1, -0.05) is 176 Å². The van der Waals surface area contributed by atoms with Gasteiger partial charge in [0.15, 0.2) is 0 Å². The van der Waals surface area contributed by atoms with Crippen LogP contribution in [-0.4, -0.2) is 9.13 Å². The molecule has 0 aliphatic heterocycles. The van der Waals surface area contributed by atoms with Gasteiger partial charge in [-0.15, -0.1) is 0 Å². The number of benzene rings is 11. The molecule has 4 nitrogen and oxygen atoms in total. The van der Waals surface area contributed by atoms with Crippen LogP contribution in [0.1, 0.15) is 12.8 Å². The van der Waals surface area contributed by atoms with Crippen molar-refractivity contribution in [3.63, 3.8) is 0 Å². The van der Waals surface area contributed by atoms with Crippen LogP contribution in [0, 0.1) is 0 Å². The molecule has 0 saturated carbocycles. The first kappa shape index (κ1) is 44.8. The molecule has 76 heavy (non-hydrogen) atoms. The average Bonchev–Trinajstić information content (AvgIpc) is 4.04. The maximum Gasteiger partial charge on any atom is 0.0542 e. The Balaban J connectivity index is 0.856. The molecule has 2 aromatic heterocycles. The van der Waals surface area contributed by atoms with Crippen molar-refractivity contribution in [1.29, 1.82) is 0 Å². The fraction of sp³-hybridized carbons (Fsp3) is 0.0278. The molecule has 0 saturated heterocycles. The minimum atomic E-state index is 1.05. The minimum Gasteiger partial charge on any atom is -0.310 e. The first-order chi connectivity index (χ1) is 37.7. The topological polar surface area (TPSA) is 16.3 Å². The summed E-state index contributed by atoms with van der Waals surface area (Å²) in [5.41, 5.74) is 20.7. The monoisotopic (exact) mass is 972 g/mol. The van der Waals surface area contributed by atoms with E-state index in [9.17, 15) is 0 Å². The van der Waals surface area contributed by atoms with Crippen molar-refractivity contribution in [2.45, 2.75) is 12.8 Å². The number of nitrogens with zero attached hydrogens (tertiary/aromatic N) is 4. The molecule has 0 radical (unpaired) electrons. The Morgan fingerprint density at radius 3 is 1.16 bits per heavy atom. The third-order valence-corrected chi connectivity index (χ3v) is 15.1. The summed E-state index contributed by atoms with van der Waals surface area (Å²) in [6.45, 7) is 0. The number of rotatable bonds is 11. The van der Waals surface area contributed by atoms with Crippen LogP contribution in [0.4, 0.5) is 34.1 Å². The van der Waals surface area contributed by atoms with Gasteiger partial charge in [0.2, 0.25) is 0 Å². The molecular formula is C72H52N4. The lowest BCUT2D eigenvalue weighted by Gasteiger charge is -2.27. The van der Waals surface area contributed by atoms with Gasteiger partial charge in [-0.2, -0.15) is 0 Å². The van der Waals surface area contributed by atoms with Crippen LogP contribution in [-0.2, 0) is 0 Å². The van der Waals surface area contributed by atoms with Crippen LogP contribution >= 0.6 is 0 Å². The first-order valence-corrected chi connectivity index (χ1v) is 26.3. The first-order valence-electron chi connectivity index (χ1n) is 26.3. The predicted octanol–water partition coefficient (Wildman–Crippen LogP) is 20.0. The molecule has 13 aromatic rings. The summed E-state index contributed by atoms with van der Waals surface area (Å²) in [7, 11) is 0. The zero-order chi connectivity index (χ0) is 50.4. The normalized spacial score (nSPS) is 12.4. The van der Waals surface area contributed by atoms with E-state index >= 15 is 0 Å². The zero-order valence-electron chi connectivity index (χ0n) is 41.9. The van der Waals surface area contributed by atoms with Crippen LogP contribution in [0.3, 0.4) is 0 Å². The summed E-state index contributed by atoms with van der Waals surface area (Å²) in [6, 6.07) is 99.4. The summed E-state index contributed by atoms with van der Waals surface area (Å²) < 4.78 is 4.80. The SMILES string of the molecule is C1=CC(n2c3ccccc3c3cc(N(c4ccc(-c5ccc(N(c6cccc(-c7ccccc7)c6)c6ccc7c(c6)c6ccccc6n7-c6ccccc6)cc5)cc4)c4cccc(-c5ccccc5)c4)ccc32)=CCC1. The molecule has 0 fully saturated rings. The van der Waals surface area contributed by atoms with E-state index in [1.807, 2.05) is 0 Å². The lowest BCUT2D eigenvalue weighted by Crippen LogP contribution is -2.10. The molecule has 0 N–H and O–H groups in total. The molecule has 1 aliphatic carbocycles. The molecule has 0 spiro atoms. The largest absolute Gasteiger partial charge is 0.310 e. The molecule has 0 bridgehead atoms. The third-order valence-electron chi connectivity index (χ3n) is 15.1. The van der Waals surface area contributed by atoms with E-state index in [1.54, 1.807) is 0 Å². The number of aromatic nitrogens is 2.